The van der Waals surface area contributed by atoms with E-state index in [0.29, 0.717) is 0 Å². The fraction of sp³-hybridized carbons (Fsp3) is 0.429. The van der Waals surface area contributed by atoms with E-state index in [4.69, 9.17) is 0 Å². The van der Waals surface area contributed by atoms with E-state index >= 15 is 0 Å². The molecule has 0 N–H and O–H groups in total. The quantitative estimate of drug-likeness (QED) is 0.478. The Hall–Kier alpha value is 0.794. The largest absolute Gasteiger partial charge is 0.128 e. The van der Waals surface area contributed by atoms with Crippen LogP contribution in [0.3, 0.4) is 0 Å². The lowest BCUT2D eigenvalue weighted by Crippen LogP contribution is -2.41. The van der Waals surface area contributed by atoms with Crippen molar-refractivity contribution in [3.8, 4) is 9.75 Å². The molecule has 0 aliphatic carbocycles. The first-order valence-corrected chi connectivity index (χ1v) is 16.8. The highest BCUT2D eigenvalue weighted by molar-refractivity contribution is 9.11. The van der Waals surface area contributed by atoms with Gasteiger partial charge in [0, 0.05) is 9.75 Å². The number of rotatable bonds is 3. The van der Waals surface area contributed by atoms with Crippen molar-refractivity contribution >= 4 is 81.1 Å². The van der Waals surface area contributed by atoms with E-state index < -0.39 is 16.1 Å². The lowest BCUT2D eigenvalue weighted by molar-refractivity contribution is 1.74. The van der Waals surface area contributed by atoms with Crippen molar-refractivity contribution in [2.45, 2.75) is 39.3 Å². The first-order chi connectivity index (χ1) is 9.00. The van der Waals surface area contributed by atoms with Crippen LogP contribution in [0.25, 0.3) is 9.75 Å². The Kier molecular flexibility index (Phi) is 4.95. The molecule has 2 aromatic rings. The van der Waals surface area contributed by atoms with Gasteiger partial charge in [0.25, 0.3) is 0 Å². The van der Waals surface area contributed by atoms with Crippen molar-refractivity contribution in [2.24, 2.45) is 0 Å². The molecule has 2 aromatic heterocycles. The molecule has 0 saturated heterocycles. The van der Waals surface area contributed by atoms with Gasteiger partial charge in [0.05, 0.1) is 23.7 Å². The van der Waals surface area contributed by atoms with Crippen molar-refractivity contribution in [3.63, 3.8) is 0 Å². The summed E-state index contributed by atoms with van der Waals surface area (Å²) in [7, 11) is -2.65. The highest BCUT2D eigenvalue weighted by Crippen LogP contribution is 2.37. The van der Waals surface area contributed by atoms with E-state index in [-0.39, 0.29) is 0 Å². The van der Waals surface area contributed by atoms with E-state index in [1.807, 2.05) is 22.7 Å². The Balaban J connectivity index is 2.70. The molecule has 0 aromatic carbocycles. The van der Waals surface area contributed by atoms with E-state index in [1.54, 1.807) is 10.4 Å². The van der Waals surface area contributed by atoms with Crippen LogP contribution >= 0.6 is 54.5 Å². The summed E-state index contributed by atoms with van der Waals surface area (Å²) in [5.41, 5.74) is 0. The van der Waals surface area contributed by atoms with Gasteiger partial charge in [-0.2, -0.15) is 0 Å². The predicted octanol–water partition coefficient (Wildman–Crippen LogP) is 6.09. The summed E-state index contributed by atoms with van der Waals surface area (Å²) in [6, 6.07) is 4.71. The van der Waals surface area contributed by atoms with E-state index in [9.17, 15) is 0 Å². The third-order valence-corrected chi connectivity index (χ3v) is 11.0. The van der Waals surface area contributed by atoms with Crippen LogP contribution < -0.4 is 10.4 Å². The van der Waals surface area contributed by atoms with Crippen LogP contribution in [-0.4, -0.2) is 16.1 Å². The fourth-order valence-corrected chi connectivity index (χ4v) is 11.1. The normalized spacial score (nSPS) is 13.0. The second-order valence-electron chi connectivity index (χ2n) is 7.09. The lowest BCUT2D eigenvalue weighted by Gasteiger charge is -2.20. The minimum atomic E-state index is -1.33. The molecule has 0 unspecified atom stereocenters. The molecule has 0 aliphatic rings. The van der Waals surface area contributed by atoms with E-state index in [1.165, 1.54) is 17.3 Å². The average molecular weight is 468 g/mol. The summed E-state index contributed by atoms with van der Waals surface area (Å²) in [6.07, 6.45) is 0. The average Bonchev–Trinajstić information content (AvgIpc) is 2.79. The molecule has 0 fully saturated rings. The van der Waals surface area contributed by atoms with Gasteiger partial charge in [0.1, 0.15) is 0 Å². The minimum Gasteiger partial charge on any atom is -0.128 e. The maximum Gasteiger partial charge on any atom is 0.0796 e. The fourth-order valence-electron chi connectivity index (χ4n) is 2.17. The molecule has 6 heteroatoms. The van der Waals surface area contributed by atoms with Crippen LogP contribution in [-0.2, 0) is 0 Å². The second-order valence-corrected chi connectivity index (χ2v) is 22.0. The van der Waals surface area contributed by atoms with Crippen molar-refractivity contribution < 1.29 is 0 Å². The van der Waals surface area contributed by atoms with Gasteiger partial charge >= 0.3 is 0 Å². The summed E-state index contributed by atoms with van der Waals surface area (Å²) < 4.78 is 2.52. The Morgan fingerprint density at radius 2 is 1.00 bits per heavy atom. The molecule has 0 amide bonds. The second kappa shape index (κ2) is 5.78. The van der Waals surface area contributed by atoms with Crippen LogP contribution in [0.15, 0.2) is 19.7 Å². The maximum absolute atomic E-state index is 3.70. The van der Waals surface area contributed by atoms with Crippen LogP contribution in [0.2, 0.25) is 39.3 Å². The zero-order chi connectivity index (χ0) is 15.3. The summed E-state index contributed by atoms with van der Waals surface area (Å²) in [6.45, 7) is 14.6. The number of halogens is 2. The summed E-state index contributed by atoms with van der Waals surface area (Å²) >= 11 is 11.2. The molecule has 2 heterocycles. The first-order valence-electron chi connectivity index (χ1n) is 6.60. The van der Waals surface area contributed by atoms with Crippen LogP contribution in [0, 0.1) is 0 Å². The monoisotopic (exact) mass is 466 g/mol. The van der Waals surface area contributed by atoms with Crippen LogP contribution in [0.1, 0.15) is 0 Å². The Morgan fingerprint density at radius 3 is 1.25 bits per heavy atom. The summed E-state index contributed by atoms with van der Waals surface area (Å²) in [4.78, 5) is 3.01. The highest BCUT2D eigenvalue weighted by Gasteiger charge is 2.29. The number of hydrogen-bond donors (Lipinski definition) is 0. The summed E-state index contributed by atoms with van der Waals surface area (Å²) in [5.74, 6) is 0. The predicted molar refractivity (Wildman–Crippen MR) is 109 cm³/mol. The van der Waals surface area contributed by atoms with Gasteiger partial charge in [0.15, 0.2) is 0 Å². The molecule has 0 bridgehead atoms. The van der Waals surface area contributed by atoms with Crippen molar-refractivity contribution in [1.82, 2.24) is 0 Å². The zero-order valence-electron chi connectivity index (χ0n) is 12.7. The Labute approximate surface area is 148 Å². The van der Waals surface area contributed by atoms with Gasteiger partial charge in [0.2, 0.25) is 0 Å². The van der Waals surface area contributed by atoms with Gasteiger partial charge < -0.3 is 0 Å². The standard InChI is InChI=1S/C14H20Br2S2Si2/c1-19(2,3)9-7-11(15)17-13(9)14-10(20(4,5)6)8-12(16)18-14/h7-8H,1-6H3. The molecular weight excluding hydrogens is 448 g/mol. The van der Waals surface area contributed by atoms with E-state index in [0.717, 1.165) is 0 Å². The van der Waals surface area contributed by atoms with Crippen molar-refractivity contribution in [3.05, 3.63) is 19.7 Å². The molecule has 0 saturated carbocycles. The molecule has 2 rings (SSSR count). The first kappa shape index (κ1) is 17.2. The van der Waals surface area contributed by atoms with Crippen molar-refractivity contribution in [2.75, 3.05) is 0 Å². The lowest BCUT2D eigenvalue weighted by atomic mass is 10.4. The SMILES string of the molecule is C[Si](C)(C)c1cc(Br)sc1-c1sc(Br)cc1[Si](C)(C)C. The Bertz CT molecular complexity index is 574. The third kappa shape index (κ3) is 3.58. The molecule has 0 spiro atoms. The van der Waals surface area contributed by atoms with Gasteiger partial charge in [-0.3, -0.25) is 0 Å². The van der Waals surface area contributed by atoms with Crippen LogP contribution in [0.4, 0.5) is 0 Å². The van der Waals surface area contributed by atoms with Gasteiger partial charge in [-0.1, -0.05) is 39.3 Å². The molecule has 110 valence electrons. The summed E-state index contributed by atoms with van der Waals surface area (Å²) in [5, 5.41) is 3.17. The van der Waals surface area contributed by atoms with E-state index in [2.05, 4.69) is 83.3 Å². The zero-order valence-corrected chi connectivity index (χ0v) is 19.5. The topological polar surface area (TPSA) is 0 Å². The molecule has 0 radical (unpaired) electrons. The maximum atomic E-state index is 3.70. The number of thiophene rings is 2. The molecular formula is C14H20Br2S2Si2. The van der Waals surface area contributed by atoms with Gasteiger partial charge in [-0.15, -0.1) is 22.7 Å². The smallest absolute Gasteiger partial charge is 0.0796 e. The molecule has 20 heavy (non-hydrogen) atoms. The van der Waals surface area contributed by atoms with Gasteiger partial charge in [-0.05, 0) is 54.4 Å². The molecule has 0 aliphatic heterocycles. The minimum absolute atomic E-state index is 1.26. The van der Waals surface area contributed by atoms with Crippen LogP contribution in [0.5, 0.6) is 0 Å². The number of hydrogen-bond acceptors (Lipinski definition) is 2. The third-order valence-electron chi connectivity index (χ3n) is 3.23. The Morgan fingerprint density at radius 1 is 0.700 bits per heavy atom. The van der Waals surface area contributed by atoms with Gasteiger partial charge in [-0.25, -0.2) is 0 Å². The van der Waals surface area contributed by atoms with Crippen molar-refractivity contribution in [1.29, 1.82) is 0 Å². The highest BCUT2D eigenvalue weighted by atomic mass is 79.9. The molecule has 0 nitrogen and oxygen atoms in total. The molecule has 0 atom stereocenters.